The Morgan fingerprint density at radius 2 is 1.73 bits per heavy atom. The number of hydrogen-bond donors (Lipinski definition) is 1. The van der Waals surface area contributed by atoms with Gasteiger partial charge in [-0.25, -0.2) is 13.1 Å². The molecule has 0 spiro atoms. The van der Waals surface area contributed by atoms with Crippen LogP contribution in [0.1, 0.15) is 39.0 Å². The molecule has 0 unspecified atom stereocenters. The minimum absolute atomic E-state index is 0.0286. The molecule has 2 rings (SSSR count). The molecule has 0 heterocycles. The highest BCUT2D eigenvalue weighted by atomic mass is 32.2. The maximum absolute atomic E-state index is 12.5. The summed E-state index contributed by atoms with van der Waals surface area (Å²) in [5.74, 6) is 1.67. The molecule has 1 aromatic carbocycles. The molecule has 0 amide bonds. The molecule has 22 heavy (non-hydrogen) atoms. The molecule has 1 aliphatic rings. The van der Waals surface area contributed by atoms with Crippen molar-refractivity contribution in [2.75, 3.05) is 14.2 Å². The van der Waals surface area contributed by atoms with Gasteiger partial charge in [0, 0.05) is 12.1 Å². The number of sulfonamides is 1. The third kappa shape index (κ3) is 3.93. The summed E-state index contributed by atoms with van der Waals surface area (Å²) in [5.41, 5.74) is 0. The first-order valence-corrected chi connectivity index (χ1v) is 9.22. The van der Waals surface area contributed by atoms with Gasteiger partial charge in [-0.15, -0.1) is 0 Å². The molecule has 0 bridgehead atoms. The summed E-state index contributed by atoms with van der Waals surface area (Å²) in [6.45, 7) is 2.19. The third-order valence-electron chi connectivity index (χ3n) is 4.41. The van der Waals surface area contributed by atoms with Crippen molar-refractivity contribution in [3.8, 4) is 11.5 Å². The van der Waals surface area contributed by atoms with Crippen LogP contribution in [0.25, 0.3) is 0 Å². The Morgan fingerprint density at radius 3 is 2.27 bits per heavy atom. The van der Waals surface area contributed by atoms with Crippen LogP contribution >= 0.6 is 0 Å². The second-order valence-electron chi connectivity index (χ2n) is 5.76. The summed E-state index contributed by atoms with van der Waals surface area (Å²) in [7, 11) is -0.509. The van der Waals surface area contributed by atoms with Crippen molar-refractivity contribution in [2.45, 2.75) is 50.0 Å². The van der Waals surface area contributed by atoms with Gasteiger partial charge in [-0.2, -0.15) is 0 Å². The maximum Gasteiger partial charge on any atom is 0.240 e. The fourth-order valence-electron chi connectivity index (χ4n) is 2.96. The zero-order valence-electron chi connectivity index (χ0n) is 13.5. The Hall–Kier alpha value is -1.27. The Balaban J connectivity index is 2.10. The second kappa shape index (κ2) is 7.33. The molecule has 0 saturated heterocycles. The zero-order chi connectivity index (χ0) is 16.2. The Bertz CT molecular complexity index is 592. The van der Waals surface area contributed by atoms with Crippen LogP contribution < -0.4 is 14.2 Å². The number of hydrogen-bond acceptors (Lipinski definition) is 4. The lowest BCUT2D eigenvalue weighted by Gasteiger charge is -2.28. The van der Waals surface area contributed by atoms with Crippen LogP contribution in [0.5, 0.6) is 11.5 Å². The number of nitrogens with one attached hydrogen (secondary N) is 1. The van der Waals surface area contributed by atoms with E-state index >= 15 is 0 Å². The van der Waals surface area contributed by atoms with Crippen molar-refractivity contribution < 1.29 is 17.9 Å². The number of rotatable bonds is 6. The fraction of sp³-hybridized carbons (Fsp3) is 0.625. The van der Waals surface area contributed by atoms with E-state index in [1.54, 1.807) is 12.1 Å². The molecule has 1 aromatic rings. The Morgan fingerprint density at radius 1 is 1.09 bits per heavy atom. The monoisotopic (exact) mass is 327 g/mol. The van der Waals surface area contributed by atoms with Gasteiger partial charge in [-0.1, -0.05) is 13.3 Å². The van der Waals surface area contributed by atoms with Crippen LogP contribution in [0, 0.1) is 5.92 Å². The van der Waals surface area contributed by atoms with Crippen molar-refractivity contribution in [3.63, 3.8) is 0 Å². The largest absolute Gasteiger partial charge is 0.493 e. The highest BCUT2D eigenvalue weighted by Gasteiger charge is 2.25. The van der Waals surface area contributed by atoms with Crippen molar-refractivity contribution in [1.82, 2.24) is 4.72 Å². The van der Waals surface area contributed by atoms with Crippen LogP contribution in [0.4, 0.5) is 0 Å². The van der Waals surface area contributed by atoms with Crippen LogP contribution in [0.3, 0.4) is 0 Å². The van der Waals surface area contributed by atoms with E-state index in [2.05, 4.69) is 11.6 Å². The fourth-order valence-corrected chi connectivity index (χ4v) is 4.28. The van der Waals surface area contributed by atoms with E-state index in [0.29, 0.717) is 11.5 Å². The van der Waals surface area contributed by atoms with Gasteiger partial charge in [0.2, 0.25) is 10.0 Å². The van der Waals surface area contributed by atoms with Gasteiger partial charge in [0.25, 0.3) is 0 Å². The van der Waals surface area contributed by atoms with Crippen LogP contribution in [0.15, 0.2) is 23.1 Å². The summed E-state index contributed by atoms with van der Waals surface area (Å²) in [6.07, 6.45) is 5.18. The molecule has 6 heteroatoms. The lowest BCUT2D eigenvalue weighted by molar-refractivity contribution is 0.306. The van der Waals surface area contributed by atoms with Crippen molar-refractivity contribution >= 4 is 10.0 Å². The average Bonchev–Trinajstić information content (AvgIpc) is 2.54. The topological polar surface area (TPSA) is 64.6 Å². The van der Waals surface area contributed by atoms with Gasteiger partial charge in [-0.3, -0.25) is 0 Å². The van der Waals surface area contributed by atoms with Crippen LogP contribution in [0.2, 0.25) is 0 Å². The SMILES string of the molecule is CCC1CCC(NS(=O)(=O)c2ccc(OC)c(OC)c2)CC1. The van der Waals surface area contributed by atoms with Gasteiger partial charge < -0.3 is 9.47 Å². The molecule has 1 fully saturated rings. The van der Waals surface area contributed by atoms with E-state index in [1.165, 1.54) is 26.7 Å². The molecule has 5 nitrogen and oxygen atoms in total. The van der Waals surface area contributed by atoms with Gasteiger partial charge in [0.1, 0.15) is 0 Å². The standard InChI is InChI=1S/C16H25NO4S/c1-4-12-5-7-13(8-6-12)17-22(18,19)14-9-10-15(20-2)16(11-14)21-3/h9-13,17H,4-8H2,1-3H3. The number of methoxy groups -OCH3 is 2. The van der Waals surface area contributed by atoms with Crippen molar-refractivity contribution in [1.29, 1.82) is 0 Å². The normalized spacial score (nSPS) is 22.3. The lowest BCUT2D eigenvalue weighted by atomic mass is 9.85. The summed E-state index contributed by atoms with van der Waals surface area (Å²) in [4.78, 5) is 0.211. The third-order valence-corrected chi connectivity index (χ3v) is 5.93. The minimum atomic E-state index is -3.53. The van der Waals surface area contributed by atoms with Crippen LogP contribution in [-0.4, -0.2) is 28.7 Å². The van der Waals surface area contributed by atoms with Gasteiger partial charge in [0.15, 0.2) is 11.5 Å². The molecular formula is C16H25NO4S. The highest BCUT2D eigenvalue weighted by molar-refractivity contribution is 7.89. The Labute approximate surface area is 133 Å². The van der Waals surface area contributed by atoms with E-state index in [4.69, 9.17) is 9.47 Å². The molecule has 0 aliphatic heterocycles. The Kier molecular flexibility index (Phi) is 5.69. The van der Waals surface area contributed by atoms with Gasteiger partial charge in [0.05, 0.1) is 19.1 Å². The molecule has 0 radical (unpaired) electrons. The van der Waals surface area contributed by atoms with E-state index in [1.807, 2.05) is 0 Å². The van der Waals surface area contributed by atoms with Crippen molar-refractivity contribution in [2.24, 2.45) is 5.92 Å². The summed E-state index contributed by atoms with van der Waals surface area (Å²) < 4.78 is 38.2. The minimum Gasteiger partial charge on any atom is -0.493 e. The average molecular weight is 327 g/mol. The predicted molar refractivity (Wildman–Crippen MR) is 85.9 cm³/mol. The number of benzene rings is 1. The first kappa shape index (κ1) is 17.1. The summed E-state index contributed by atoms with van der Waals surface area (Å²) >= 11 is 0. The van der Waals surface area contributed by atoms with E-state index in [-0.39, 0.29) is 10.9 Å². The quantitative estimate of drug-likeness (QED) is 0.872. The molecule has 0 aromatic heterocycles. The molecule has 0 atom stereocenters. The molecule has 1 N–H and O–H groups in total. The summed E-state index contributed by atoms with van der Waals surface area (Å²) in [6, 6.07) is 4.68. The summed E-state index contributed by atoms with van der Waals surface area (Å²) in [5, 5.41) is 0. The van der Waals surface area contributed by atoms with Crippen LogP contribution in [-0.2, 0) is 10.0 Å². The highest BCUT2D eigenvalue weighted by Crippen LogP contribution is 2.31. The van der Waals surface area contributed by atoms with E-state index < -0.39 is 10.0 Å². The first-order valence-electron chi connectivity index (χ1n) is 7.74. The number of ether oxygens (including phenoxy) is 2. The maximum atomic E-state index is 12.5. The van der Waals surface area contributed by atoms with Crippen molar-refractivity contribution in [3.05, 3.63) is 18.2 Å². The first-order chi connectivity index (χ1) is 10.5. The van der Waals surface area contributed by atoms with Gasteiger partial charge in [-0.05, 0) is 43.7 Å². The second-order valence-corrected chi connectivity index (χ2v) is 7.48. The molecule has 1 saturated carbocycles. The van der Waals surface area contributed by atoms with Gasteiger partial charge >= 0.3 is 0 Å². The lowest BCUT2D eigenvalue weighted by Crippen LogP contribution is -2.37. The molecular weight excluding hydrogens is 302 g/mol. The zero-order valence-corrected chi connectivity index (χ0v) is 14.3. The van der Waals surface area contributed by atoms with E-state index in [9.17, 15) is 8.42 Å². The smallest absolute Gasteiger partial charge is 0.240 e. The predicted octanol–water partition coefficient (Wildman–Crippen LogP) is 2.95. The molecule has 124 valence electrons. The van der Waals surface area contributed by atoms with E-state index in [0.717, 1.165) is 31.6 Å². The molecule has 1 aliphatic carbocycles.